The molecule has 0 spiro atoms. The van der Waals surface area contributed by atoms with Crippen LogP contribution in [0.25, 0.3) is 0 Å². The van der Waals surface area contributed by atoms with E-state index in [0.717, 1.165) is 38.4 Å². The van der Waals surface area contributed by atoms with Crippen LogP contribution in [0.15, 0.2) is 24.3 Å². The second-order valence-corrected chi connectivity index (χ2v) is 9.87. The molecule has 2 rings (SSSR count). The minimum Gasteiger partial charge on any atom is -0.506 e. The van der Waals surface area contributed by atoms with Gasteiger partial charge in [0.2, 0.25) is 0 Å². The second kappa shape index (κ2) is 11.2. The van der Waals surface area contributed by atoms with Gasteiger partial charge in [-0.2, -0.15) is 0 Å². The molecule has 0 bridgehead atoms. The highest BCUT2D eigenvalue weighted by molar-refractivity contribution is 6.59. The van der Waals surface area contributed by atoms with E-state index in [1.807, 2.05) is 32.9 Å². The molecule has 14 heteroatoms. The number of ether oxygens (including phenoxy) is 3. The summed E-state index contributed by atoms with van der Waals surface area (Å²) in [5.74, 6) is 0.308. The molecule has 1 amide bonds. The first kappa shape index (κ1) is 29.7. The fourth-order valence-electron chi connectivity index (χ4n) is 3.32. The van der Waals surface area contributed by atoms with Crippen molar-refractivity contribution in [3.8, 4) is 5.75 Å². The average Bonchev–Trinajstić information content (AvgIpc) is 2.69. The summed E-state index contributed by atoms with van der Waals surface area (Å²) < 4.78 is 15.8. The lowest BCUT2D eigenvalue weighted by atomic mass is 9.40. The normalized spacial score (nSPS) is 16.1. The van der Waals surface area contributed by atoms with Crippen LogP contribution >= 0.6 is 0 Å². The summed E-state index contributed by atoms with van der Waals surface area (Å²) in [6.07, 6.45) is -0.320. The van der Waals surface area contributed by atoms with Crippen molar-refractivity contribution in [2.24, 2.45) is 0 Å². The Morgan fingerprint density at radius 1 is 0.914 bits per heavy atom. The molecule has 0 N–H and O–H groups in total. The van der Waals surface area contributed by atoms with E-state index in [1.165, 1.54) is 0 Å². The summed E-state index contributed by atoms with van der Waals surface area (Å²) in [6.45, 7) is 10.3. The van der Waals surface area contributed by atoms with Crippen LogP contribution in [0.5, 0.6) is 5.75 Å². The highest BCUT2D eigenvalue weighted by Crippen LogP contribution is 2.27. The molecular weight excluding hydrogens is 434 g/mol. The number of benzene rings is 1. The average molecular weight is 462 g/mol. The number of hydrogen-bond donors (Lipinski definition) is 0. The quantitative estimate of drug-likeness (QED) is 0.447. The Balaban J connectivity index is 1.85. The summed E-state index contributed by atoms with van der Waals surface area (Å²) in [6, 6.07) is 7.10. The van der Waals surface area contributed by atoms with Crippen LogP contribution in [-0.4, -0.2) is 139 Å². The van der Waals surface area contributed by atoms with Crippen LogP contribution in [0, 0.1) is 0 Å². The van der Waals surface area contributed by atoms with Crippen LogP contribution in [0.2, 0.25) is 0 Å². The van der Waals surface area contributed by atoms with Crippen molar-refractivity contribution in [1.82, 2.24) is 9.80 Å². The van der Waals surface area contributed by atoms with Crippen molar-refractivity contribution in [3.63, 3.8) is 0 Å². The minimum atomic E-state index is -2.28. The molecule has 0 saturated carbocycles. The fraction of sp³-hybridized carbons (Fsp3) is 0.667. The molecule has 1 saturated heterocycles. The SMILES string of the molecule is [B]C([B])([B])OC([B])([B])C([B])([B])Oc1ccc(N2CCN(CCN(C)C(=O)OC(C)(C)C)CC2)cc1. The smallest absolute Gasteiger partial charge is 0.410 e. The molecule has 1 aliphatic heterocycles. The zero-order valence-electron chi connectivity index (χ0n) is 21.1. The number of likely N-dealkylation sites (N-methyl/N-ethyl adjacent to an activating group) is 1. The molecule has 1 aromatic carbocycles. The highest BCUT2D eigenvalue weighted by Gasteiger charge is 2.39. The van der Waals surface area contributed by atoms with Gasteiger partial charge in [0.1, 0.15) is 42.7 Å². The van der Waals surface area contributed by atoms with E-state index in [2.05, 4.69) is 9.80 Å². The van der Waals surface area contributed by atoms with Gasteiger partial charge in [-0.05, 0) is 50.3 Å². The number of carbonyl (C=O) groups excluding carboxylic acids is 1. The van der Waals surface area contributed by atoms with E-state index in [-0.39, 0.29) is 6.09 Å². The third kappa shape index (κ3) is 9.45. The summed E-state index contributed by atoms with van der Waals surface area (Å²) in [5.41, 5.74) is 0.486. The van der Waals surface area contributed by atoms with Gasteiger partial charge in [-0.1, -0.05) is 0 Å². The first-order chi connectivity index (χ1) is 15.9. The van der Waals surface area contributed by atoms with Gasteiger partial charge in [-0.25, -0.2) is 4.79 Å². The zero-order valence-corrected chi connectivity index (χ0v) is 21.1. The van der Waals surface area contributed by atoms with Crippen LogP contribution in [0.1, 0.15) is 20.8 Å². The van der Waals surface area contributed by atoms with Gasteiger partial charge >= 0.3 is 6.09 Å². The largest absolute Gasteiger partial charge is 0.506 e. The van der Waals surface area contributed by atoms with Crippen LogP contribution in [0.4, 0.5) is 10.5 Å². The zero-order chi connectivity index (χ0) is 26.7. The Labute approximate surface area is 219 Å². The van der Waals surface area contributed by atoms with E-state index in [9.17, 15) is 4.79 Å². The highest BCUT2D eigenvalue weighted by atomic mass is 16.6. The third-order valence-electron chi connectivity index (χ3n) is 5.27. The van der Waals surface area contributed by atoms with Crippen molar-refractivity contribution >= 4 is 66.7 Å². The minimum absolute atomic E-state index is 0.308. The molecule has 0 aliphatic carbocycles. The number of anilines is 1. The Morgan fingerprint density at radius 2 is 1.46 bits per heavy atom. The van der Waals surface area contributed by atoms with Gasteiger partial charge in [0, 0.05) is 62.8 Å². The molecule has 0 atom stereocenters. The molecular formula is C21H28B7N3O4. The van der Waals surface area contributed by atoms with Gasteiger partial charge < -0.3 is 24.0 Å². The third-order valence-corrected chi connectivity index (χ3v) is 5.27. The lowest BCUT2D eigenvalue weighted by molar-refractivity contribution is 0.00241. The van der Waals surface area contributed by atoms with Crippen molar-refractivity contribution in [1.29, 1.82) is 0 Å². The summed E-state index contributed by atoms with van der Waals surface area (Å²) in [4.78, 5) is 18.3. The van der Waals surface area contributed by atoms with Gasteiger partial charge in [0.05, 0.1) is 23.5 Å². The van der Waals surface area contributed by atoms with Gasteiger partial charge in [0.25, 0.3) is 0 Å². The molecule has 1 aliphatic rings. The first-order valence-corrected chi connectivity index (χ1v) is 11.3. The Morgan fingerprint density at radius 3 is 1.94 bits per heavy atom. The number of nitrogens with zero attached hydrogens (tertiary/aromatic N) is 3. The standard InChI is InChI=1S/C21H28B7N3O4/c1-18(2,3)34-17(32)29(4)9-10-30-11-13-31(14-12-30)15-5-7-16(8-6-15)33-19(22,23)20(24,25)35-21(26,27)28/h5-8H,9-14H2,1-4H3. The number of piperazine rings is 1. The number of amides is 1. The Bertz CT molecular complexity index is 837. The molecule has 0 unspecified atom stereocenters. The van der Waals surface area contributed by atoms with Crippen LogP contribution in [0.3, 0.4) is 0 Å². The molecule has 7 nitrogen and oxygen atoms in total. The van der Waals surface area contributed by atoms with Gasteiger partial charge in [-0.3, -0.25) is 4.90 Å². The number of hydrogen-bond acceptors (Lipinski definition) is 6. The maximum atomic E-state index is 12.1. The van der Waals surface area contributed by atoms with E-state index >= 15 is 0 Å². The molecule has 1 aromatic rings. The lowest BCUT2D eigenvalue weighted by Crippen LogP contribution is -2.65. The van der Waals surface area contributed by atoms with Crippen LogP contribution < -0.4 is 9.64 Å². The van der Waals surface area contributed by atoms with E-state index in [1.54, 1.807) is 24.1 Å². The fourth-order valence-corrected chi connectivity index (χ4v) is 3.32. The number of rotatable bonds is 9. The topological polar surface area (TPSA) is 54.5 Å². The maximum absolute atomic E-state index is 12.1. The van der Waals surface area contributed by atoms with Crippen molar-refractivity contribution in [3.05, 3.63) is 24.3 Å². The molecule has 0 aromatic heterocycles. The lowest BCUT2D eigenvalue weighted by Gasteiger charge is -2.48. The maximum Gasteiger partial charge on any atom is 0.410 e. The molecule has 172 valence electrons. The van der Waals surface area contributed by atoms with Crippen LogP contribution in [-0.2, 0) is 9.47 Å². The number of carbonyl (C=O) groups is 1. The Kier molecular flexibility index (Phi) is 9.54. The first-order valence-electron chi connectivity index (χ1n) is 11.3. The molecule has 35 heavy (non-hydrogen) atoms. The van der Waals surface area contributed by atoms with Crippen molar-refractivity contribution in [2.45, 2.75) is 42.5 Å². The molecule has 14 radical (unpaired) electrons. The Hall–Kier alpha value is -1.54. The summed E-state index contributed by atoms with van der Waals surface area (Å²) >= 11 is 0. The van der Waals surface area contributed by atoms with E-state index < -0.39 is 21.7 Å². The summed E-state index contributed by atoms with van der Waals surface area (Å²) in [7, 11) is 41.2. The van der Waals surface area contributed by atoms with E-state index in [0.29, 0.717) is 12.3 Å². The second-order valence-electron chi connectivity index (χ2n) is 9.87. The predicted octanol–water partition coefficient (Wildman–Crippen LogP) is -0.831. The predicted molar refractivity (Wildman–Crippen MR) is 144 cm³/mol. The van der Waals surface area contributed by atoms with Gasteiger partial charge in [-0.15, -0.1) is 0 Å². The van der Waals surface area contributed by atoms with Gasteiger partial charge in [0.15, 0.2) is 0 Å². The van der Waals surface area contributed by atoms with Crippen molar-refractivity contribution in [2.75, 3.05) is 51.2 Å². The molecule has 1 fully saturated rings. The monoisotopic (exact) mass is 463 g/mol. The molecule has 1 heterocycles. The van der Waals surface area contributed by atoms with E-state index in [4.69, 9.17) is 69.1 Å². The summed E-state index contributed by atoms with van der Waals surface area (Å²) in [5, 5.41) is -6.62. The van der Waals surface area contributed by atoms with Crippen molar-refractivity contribution < 1.29 is 19.0 Å².